The van der Waals surface area contributed by atoms with E-state index in [0.717, 1.165) is 21.9 Å². The van der Waals surface area contributed by atoms with E-state index >= 15 is 0 Å². The molecule has 21 heavy (non-hydrogen) atoms. The van der Waals surface area contributed by atoms with Gasteiger partial charge in [0.2, 0.25) is 11.6 Å². The average Bonchev–Trinajstić information content (AvgIpc) is 2.86. The maximum atomic E-state index is 12.6. The Balaban J connectivity index is 2.05. The number of aryl methyl sites for hydroxylation is 1. The molecule has 1 heterocycles. The lowest BCUT2D eigenvalue weighted by Gasteiger charge is -2.27. The first kappa shape index (κ1) is 12.7. The van der Waals surface area contributed by atoms with Crippen molar-refractivity contribution in [1.29, 1.82) is 0 Å². The molecule has 1 saturated heterocycles. The summed E-state index contributed by atoms with van der Waals surface area (Å²) in [6.45, 7) is 4.53. The Kier molecular flexibility index (Phi) is 2.57. The first-order chi connectivity index (χ1) is 10.1. The third-order valence-corrected chi connectivity index (χ3v) is 4.85. The molecule has 0 spiro atoms. The summed E-state index contributed by atoms with van der Waals surface area (Å²) in [7, 11) is 0. The molecule has 3 nitrogen and oxygen atoms in total. The summed E-state index contributed by atoms with van der Waals surface area (Å²) in [5.41, 5.74) is 2.54. The van der Waals surface area contributed by atoms with Gasteiger partial charge < -0.3 is 4.74 Å². The number of ketones is 2. The summed E-state index contributed by atoms with van der Waals surface area (Å²) in [5.74, 6) is -0.841. The van der Waals surface area contributed by atoms with E-state index in [1.54, 1.807) is 0 Å². The molecule has 1 fully saturated rings. The van der Waals surface area contributed by atoms with Crippen molar-refractivity contribution in [3.05, 3.63) is 47.0 Å². The van der Waals surface area contributed by atoms with Gasteiger partial charge in [-0.3, -0.25) is 9.59 Å². The molecule has 0 aromatic heterocycles. The summed E-state index contributed by atoms with van der Waals surface area (Å²) in [4.78, 5) is 25.1. The lowest BCUT2D eigenvalue weighted by molar-refractivity contribution is -0.121. The first-order valence-corrected chi connectivity index (χ1v) is 7.32. The van der Waals surface area contributed by atoms with Crippen LogP contribution in [0.2, 0.25) is 0 Å². The molecular formula is C18H16O3. The molecule has 3 heteroatoms. The lowest BCUT2D eigenvalue weighted by Crippen LogP contribution is -2.35. The Morgan fingerprint density at radius 3 is 2.71 bits per heavy atom. The minimum atomic E-state index is -0.347. The molecule has 3 atom stereocenters. The van der Waals surface area contributed by atoms with Crippen molar-refractivity contribution < 1.29 is 14.3 Å². The van der Waals surface area contributed by atoms with E-state index in [2.05, 4.69) is 0 Å². The van der Waals surface area contributed by atoms with Gasteiger partial charge in [-0.2, -0.15) is 0 Å². The van der Waals surface area contributed by atoms with Gasteiger partial charge in [0, 0.05) is 5.56 Å². The van der Waals surface area contributed by atoms with Crippen LogP contribution >= 0.6 is 0 Å². The van der Waals surface area contributed by atoms with Crippen LogP contribution < -0.4 is 0 Å². The third-order valence-electron chi connectivity index (χ3n) is 4.85. The molecule has 2 aromatic carbocycles. The first-order valence-electron chi connectivity index (χ1n) is 7.32. The average molecular weight is 280 g/mol. The van der Waals surface area contributed by atoms with Crippen molar-refractivity contribution in [3.8, 4) is 0 Å². The topological polar surface area (TPSA) is 43.4 Å². The Bertz CT molecular complexity index is 790. The highest BCUT2D eigenvalue weighted by atomic mass is 16.5. The fourth-order valence-electron chi connectivity index (χ4n) is 3.74. The van der Waals surface area contributed by atoms with Gasteiger partial charge in [-0.25, -0.2) is 0 Å². The summed E-state index contributed by atoms with van der Waals surface area (Å²) in [6.07, 6.45) is -0.259. The smallest absolute Gasteiger partial charge is 0.229 e. The quantitative estimate of drug-likeness (QED) is 0.696. The maximum absolute atomic E-state index is 12.6. The molecule has 0 saturated carbocycles. The molecule has 1 aliphatic carbocycles. The van der Waals surface area contributed by atoms with Crippen molar-refractivity contribution >= 4 is 22.3 Å². The van der Waals surface area contributed by atoms with Crippen LogP contribution in [0, 0.1) is 18.8 Å². The maximum Gasteiger partial charge on any atom is 0.229 e. The second kappa shape index (κ2) is 4.25. The molecule has 1 aliphatic heterocycles. The second-order valence-electron chi connectivity index (χ2n) is 6.15. The van der Waals surface area contributed by atoms with Crippen molar-refractivity contribution in [1.82, 2.24) is 0 Å². The van der Waals surface area contributed by atoms with E-state index in [0.29, 0.717) is 12.2 Å². The number of ether oxygens (including phenoxy) is 1. The zero-order chi connectivity index (χ0) is 14.7. The summed E-state index contributed by atoms with van der Waals surface area (Å²) in [6, 6.07) is 9.87. The van der Waals surface area contributed by atoms with Crippen LogP contribution in [0.1, 0.15) is 34.5 Å². The number of carbonyl (C=O) groups excluding carboxylic acids is 2. The molecule has 2 aromatic rings. The highest BCUT2D eigenvalue weighted by Crippen LogP contribution is 2.45. The van der Waals surface area contributed by atoms with Gasteiger partial charge in [-0.15, -0.1) is 0 Å². The van der Waals surface area contributed by atoms with Crippen LogP contribution in [0.3, 0.4) is 0 Å². The zero-order valence-corrected chi connectivity index (χ0v) is 12.1. The molecular weight excluding hydrogens is 264 g/mol. The van der Waals surface area contributed by atoms with Crippen LogP contribution in [-0.4, -0.2) is 18.2 Å². The number of hydrogen-bond acceptors (Lipinski definition) is 3. The predicted octanol–water partition coefficient (Wildman–Crippen LogP) is 3.24. The third kappa shape index (κ3) is 1.58. The van der Waals surface area contributed by atoms with Crippen LogP contribution in [0.4, 0.5) is 0 Å². The number of Topliss-reactive ketones (excluding diaryl/α,β-unsaturated/α-hetero) is 2. The number of fused-ring (bicyclic) bond motifs is 5. The van der Waals surface area contributed by atoms with Gasteiger partial charge in [0.05, 0.1) is 18.6 Å². The van der Waals surface area contributed by atoms with Crippen LogP contribution in [-0.2, 0) is 9.53 Å². The monoisotopic (exact) mass is 280 g/mol. The zero-order valence-electron chi connectivity index (χ0n) is 12.1. The van der Waals surface area contributed by atoms with Crippen molar-refractivity contribution in [3.63, 3.8) is 0 Å². The van der Waals surface area contributed by atoms with Crippen molar-refractivity contribution in [2.45, 2.75) is 20.0 Å². The summed E-state index contributed by atoms with van der Waals surface area (Å²) in [5, 5.41) is 1.90. The molecule has 106 valence electrons. The largest absolute Gasteiger partial charge is 0.372 e. The van der Waals surface area contributed by atoms with E-state index in [9.17, 15) is 9.59 Å². The van der Waals surface area contributed by atoms with Crippen molar-refractivity contribution in [2.75, 3.05) is 6.61 Å². The molecule has 3 unspecified atom stereocenters. The van der Waals surface area contributed by atoms with Gasteiger partial charge in [0.15, 0.2) is 0 Å². The second-order valence-corrected chi connectivity index (χ2v) is 6.15. The lowest BCUT2D eigenvalue weighted by atomic mass is 9.74. The number of hydrogen-bond donors (Lipinski definition) is 0. The van der Waals surface area contributed by atoms with Crippen LogP contribution in [0.25, 0.3) is 10.8 Å². The highest BCUT2D eigenvalue weighted by Gasteiger charge is 2.48. The standard InChI is InChI=1S/C18H16O3/c1-9-4-3-5-12-11(9)6-7-13-15(12)17(20)16(19)14-10(2)8-21-18(13)14/h3-7,10,14,18H,8H2,1-2H3. The number of carbonyl (C=O) groups is 2. The van der Waals surface area contributed by atoms with Gasteiger partial charge >= 0.3 is 0 Å². The number of rotatable bonds is 0. The molecule has 0 bridgehead atoms. The fourth-order valence-corrected chi connectivity index (χ4v) is 3.74. The minimum Gasteiger partial charge on any atom is -0.372 e. The Morgan fingerprint density at radius 1 is 1.10 bits per heavy atom. The van der Waals surface area contributed by atoms with Gasteiger partial charge in [0.25, 0.3) is 0 Å². The predicted molar refractivity (Wildman–Crippen MR) is 79.4 cm³/mol. The fraction of sp³-hybridized carbons (Fsp3) is 0.333. The SMILES string of the molecule is Cc1cccc2c3c(ccc12)C1OCC(C)C1C(=O)C3=O. The Morgan fingerprint density at radius 2 is 1.90 bits per heavy atom. The molecule has 2 aliphatic rings. The van der Waals surface area contributed by atoms with E-state index < -0.39 is 0 Å². The van der Waals surface area contributed by atoms with Crippen LogP contribution in [0.15, 0.2) is 30.3 Å². The normalized spacial score (nSPS) is 27.8. The highest BCUT2D eigenvalue weighted by molar-refractivity contribution is 6.48. The van der Waals surface area contributed by atoms with Crippen LogP contribution in [0.5, 0.6) is 0 Å². The van der Waals surface area contributed by atoms with E-state index in [1.165, 1.54) is 0 Å². The van der Waals surface area contributed by atoms with E-state index in [1.807, 2.05) is 44.2 Å². The summed E-state index contributed by atoms with van der Waals surface area (Å²) < 4.78 is 5.82. The molecule has 0 amide bonds. The number of benzene rings is 2. The van der Waals surface area contributed by atoms with Gasteiger partial charge in [-0.1, -0.05) is 37.3 Å². The molecule has 0 radical (unpaired) electrons. The Hall–Kier alpha value is -2.00. The summed E-state index contributed by atoms with van der Waals surface area (Å²) >= 11 is 0. The molecule has 4 rings (SSSR count). The van der Waals surface area contributed by atoms with Gasteiger partial charge in [-0.05, 0) is 34.7 Å². The van der Waals surface area contributed by atoms with E-state index in [-0.39, 0.29) is 29.5 Å². The Labute approximate surface area is 122 Å². The molecule has 0 N–H and O–H groups in total. The van der Waals surface area contributed by atoms with Crippen molar-refractivity contribution in [2.24, 2.45) is 11.8 Å². The minimum absolute atomic E-state index is 0.104. The van der Waals surface area contributed by atoms with Gasteiger partial charge in [0.1, 0.15) is 0 Å². The van der Waals surface area contributed by atoms with E-state index in [4.69, 9.17) is 4.74 Å².